The molecule has 6 heteroatoms. The van der Waals surface area contributed by atoms with Crippen LogP contribution in [0, 0.1) is 0 Å². The van der Waals surface area contributed by atoms with Gasteiger partial charge in [-0.2, -0.15) is 0 Å². The lowest BCUT2D eigenvalue weighted by molar-refractivity contribution is 0.414. The number of H-pyrrole nitrogens is 1. The van der Waals surface area contributed by atoms with Crippen LogP contribution < -0.4 is 4.72 Å². The lowest BCUT2D eigenvalue weighted by Gasteiger charge is -2.08. The Morgan fingerprint density at radius 3 is 3.10 bits per heavy atom. The fraction of sp³-hybridized carbons (Fsp3) is 0.429. The van der Waals surface area contributed by atoms with Gasteiger partial charge in [0, 0.05) is 38.7 Å². The molecule has 0 aliphatic carbocycles. The SMILES string of the molecule is [2H]c1c(C([2H])([2H])S(=O)(=O)NC([2H])([2H])[2H])c([2H])c2c(CCN(C([2H])([2H])[2H])C([2H])([2H])[2H])c[nH]c2c1[2H]. The van der Waals surface area contributed by atoms with Gasteiger partial charge in [0.1, 0.15) is 0 Å². The molecule has 0 saturated carbocycles. The van der Waals surface area contributed by atoms with Crippen LogP contribution in [-0.4, -0.2) is 45.8 Å². The van der Waals surface area contributed by atoms with E-state index in [2.05, 4.69) is 4.98 Å². The van der Waals surface area contributed by atoms with Crippen molar-refractivity contribution in [1.29, 1.82) is 0 Å². The maximum Gasteiger partial charge on any atom is 0.215 e. The summed E-state index contributed by atoms with van der Waals surface area (Å²) in [5.74, 6) is 0. The summed E-state index contributed by atoms with van der Waals surface area (Å²) >= 11 is 0. The van der Waals surface area contributed by atoms with Crippen molar-refractivity contribution < 1.29 is 27.6 Å². The molecule has 0 unspecified atom stereocenters. The summed E-state index contributed by atoms with van der Waals surface area (Å²) < 4.78 is 133. The molecule has 0 atom stereocenters. The van der Waals surface area contributed by atoms with Crippen molar-refractivity contribution in [3.8, 4) is 0 Å². The van der Waals surface area contributed by atoms with Crippen LogP contribution in [0.25, 0.3) is 10.9 Å². The highest BCUT2D eigenvalue weighted by atomic mass is 32.2. The van der Waals surface area contributed by atoms with Crippen molar-refractivity contribution in [2.24, 2.45) is 0 Å². The van der Waals surface area contributed by atoms with Crippen LogP contribution in [0.1, 0.15) is 30.3 Å². The van der Waals surface area contributed by atoms with Crippen molar-refractivity contribution in [1.82, 2.24) is 14.6 Å². The molecule has 0 aliphatic rings. The van der Waals surface area contributed by atoms with Crippen LogP contribution in [0.5, 0.6) is 0 Å². The van der Waals surface area contributed by atoms with Gasteiger partial charge >= 0.3 is 0 Å². The minimum absolute atomic E-state index is 0.0743. The highest BCUT2D eigenvalue weighted by Gasteiger charge is 2.11. The van der Waals surface area contributed by atoms with E-state index in [0.29, 0.717) is 0 Å². The predicted octanol–water partition coefficient (Wildman–Crippen LogP) is 1.32. The second-order valence-corrected chi connectivity index (χ2v) is 5.34. The smallest absolute Gasteiger partial charge is 0.215 e. The maximum atomic E-state index is 12.5. The zero-order valence-electron chi connectivity index (χ0n) is 24.2. The Morgan fingerprint density at radius 1 is 1.50 bits per heavy atom. The van der Waals surface area contributed by atoms with Gasteiger partial charge in [-0.15, -0.1) is 0 Å². The van der Waals surface area contributed by atoms with E-state index < -0.39 is 66.9 Å². The monoisotopic (exact) mass is 309 g/mol. The third-order valence-electron chi connectivity index (χ3n) is 2.50. The molecule has 0 aliphatic heterocycles. The van der Waals surface area contributed by atoms with Gasteiger partial charge in [-0.3, -0.25) is 0 Å². The number of likely N-dealkylation sites (N-methyl/N-ethyl adjacent to an activating group) is 1. The highest BCUT2D eigenvalue weighted by Crippen LogP contribution is 2.21. The van der Waals surface area contributed by atoms with Crippen LogP contribution in [0.2, 0.25) is 0 Å². The lowest BCUT2D eigenvalue weighted by atomic mass is 10.1. The molecule has 1 aromatic heterocycles. The zero-order chi connectivity index (χ0) is 26.7. The summed E-state index contributed by atoms with van der Waals surface area (Å²) in [4.78, 5) is 2.85. The quantitative estimate of drug-likeness (QED) is 0.846. The molecule has 20 heavy (non-hydrogen) atoms. The zero-order valence-corrected chi connectivity index (χ0v) is 11.0. The average Bonchev–Trinajstić information content (AvgIpc) is 2.99. The third-order valence-corrected chi connectivity index (χ3v) is 3.24. The number of hydrogen-bond acceptors (Lipinski definition) is 3. The largest absolute Gasteiger partial charge is 0.361 e. The molecular formula is C14H21N3O2S. The van der Waals surface area contributed by atoms with Crippen LogP contribution in [0.3, 0.4) is 0 Å². The number of fused-ring (bicyclic) bond motifs is 1. The Kier molecular flexibility index (Phi) is 1.52. The number of aromatic nitrogens is 1. The molecule has 5 nitrogen and oxygen atoms in total. The van der Waals surface area contributed by atoms with Gasteiger partial charge in [0.25, 0.3) is 0 Å². The summed E-state index contributed by atoms with van der Waals surface area (Å²) in [5, 5.41) is -0.222. The number of sulfonamides is 1. The van der Waals surface area contributed by atoms with Gasteiger partial charge in [0.05, 0.1) is 9.82 Å². The van der Waals surface area contributed by atoms with Crippen molar-refractivity contribution in [3.05, 3.63) is 35.5 Å². The van der Waals surface area contributed by atoms with Gasteiger partial charge < -0.3 is 9.88 Å². The molecular weight excluding hydrogens is 274 g/mol. The predicted molar refractivity (Wildman–Crippen MR) is 82.2 cm³/mol. The molecule has 0 fully saturated rings. The minimum Gasteiger partial charge on any atom is -0.361 e. The van der Waals surface area contributed by atoms with Crippen LogP contribution in [-0.2, 0) is 22.1 Å². The van der Waals surface area contributed by atoms with E-state index in [9.17, 15) is 8.42 Å². The number of hydrogen-bond donors (Lipinski definition) is 2. The molecule has 0 bridgehead atoms. The average molecular weight is 309 g/mol. The van der Waals surface area contributed by atoms with Crippen molar-refractivity contribution in [2.45, 2.75) is 12.1 Å². The van der Waals surface area contributed by atoms with Gasteiger partial charge in [-0.1, -0.05) is 6.04 Å². The van der Waals surface area contributed by atoms with E-state index in [1.165, 1.54) is 10.9 Å². The molecule has 1 heterocycles. The fourth-order valence-electron chi connectivity index (χ4n) is 1.63. The van der Waals surface area contributed by atoms with Gasteiger partial charge in [-0.25, -0.2) is 13.1 Å². The van der Waals surface area contributed by atoms with E-state index in [1.54, 1.807) is 0 Å². The van der Waals surface area contributed by atoms with E-state index in [4.69, 9.17) is 19.2 Å². The Morgan fingerprint density at radius 2 is 2.35 bits per heavy atom. The normalized spacial score (nSPS) is 25.2. The van der Waals surface area contributed by atoms with Crippen LogP contribution >= 0.6 is 0 Å². The Hall–Kier alpha value is -1.37. The topological polar surface area (TPSA) is 65.2 Å². The first-order valence-corrected chi connectivity index (χ1v) is 6.92. The number of benzene rings is 1. The van der Waals surface area contributed by atoms with E-state index in [-0.39, 0.29) is 27.8 Å². The lowest BCUT2D eigenvalue weighted by Crippen LogP contribution is -2.20. The number of nitrogens with zero attached hydrogens (tertiary/aromatic N) is 1. The summed E-state index contributed by atoms with van der Waals surface area (Å²) in [5.41, 5.74) is -4.78. The molecule has 1 aromatic carbocycles. The van der Waals surface area contributed by atoms with E-state index in [0.717, 1.165) is 0 Å². The van der Waals surface area contributed by atoms with Crippen molar-refractivity contribution in [2.75, 3.05) is 27.5 Å². The van der Waals surface area contributed by atoms with E-state index >= 15 is 0 Å². The fourth-order valence-corrected chi connectivity index (χ4v) is 2.05. The summed E-state index contributed by atoms with van der Waals surface area (Å²) in [6.07, 6.45) is 0.911. The Balaban J connectivity index is 2.68. The first-order chi connectivity index (χ1) is 15.0. The number of aromatic amines is 1. The highest BCUT2D eigenvalue weighted by molar-refractivity contribution is 7.88. The summed E-state index contributed by atoms with van der Waals surface area (Å²) in [6, 6.07) is -2.51. The maximum absolute atomic E-state index is 12.5. The van der Waals surface area contributed by atoms with Crippen LogP contribution in [0.4, 0.5) is 0 Å². The summed E-state index contributed by atoms with van der Waals surface area (Å²) in [6.45, 7) is -9.85. The molecule has 0 spiro atoms. The molecule has 0 saturated heterocycles. The molecule has 2 rings (SSSR count). The van der Waals surface area contributed by atoms with Crippen molar-refractivity contribution >= 4 is 20.9 Å². The minimum atomic E-state index is -5.33. The van der Waals surface area contributed by atoms with Gasteiger partial charge in [0.15, 0.2) is 0 Å². The number of rotatable bonds is 6. The first-order valence-electron chi connectivity index (χ1n) is 12.4. The van der Waals surface area contributed by atoms with Crippen molar-refractivity contribution in [3.63, 3.8) is 0 Å². The molecule has 2 aromatic rings. The standard InChI is InChI=1S/C14H21N3O2S/c1-15-20(18,19)10-11-4-5-14-13(8-11)12(9-16-14)6-7-17(2)3/h4-5,8-9,15-16H,6-7,10H2,1-3H3/i1D3,2D3,3D3,4D,5D,8D,10D2. The second kappa shape index (κ2) is 5.95. The third kappa shape index (κ3) is 3.59. The molecule has 2 N–H and O–H groups in total. The molecule has 0 amide bonds. The number of nitrogens with one attached hydrogen (secondary N) is 2. The van der Waals surface area contributed by atoms with Gasteiger partial charge in [0.2, 0.25) is 10.0 Å². The van der Waals surface area contributed by atoms with Gasteiger partial charge in [-0.05, 0) is 50.6 Å². The summed E-state index contributed by atoms with van der Waals surface area (Å²) in [7, 11) is -5.33. The Bertz CT molecular complexity index is 1170. The second-order valence-electron chi connectivity index (χ2n) is 3.92. The first kappa shape index (κ1) is 5.12. The molecule has 110 valence electrons. The molecule has 0 radical (unpaired) electrons. The van der Waals surface area contributed by atoms with E-state index in [1.807, 2.05) is 0 Å². The van der Waals surface area contributed by atoms with Crippen LogP contribution in [0.15, 0.2) is 24.3 Å². The Labute approximate surface area is 139 Å².